The molecular formula is C19H22ClN5O3. The first-order valence-corrected chi connectivity index (χ1v) is 8.77. The summed E-state index contributed by atoms with van der Waals surface area (Å²) >= 11 is 0. The van der Waals surface area contributed by atoms with E-state index in [0.717, 1.165) is 25.1 Å². The van der Waals surface area contributed by atoms with Crippen LogP contribution >= 0.6 is 12.4 Å². The van der Waals surface area contributed by atoms with E-state index in [-0.39, 0.29) is 24.4 Å². The van der Waals surface area contributed by atoms with Crippen LogP contribution in [0.5, 0.6) is 11.5 Å². The van der Waals surface area contributed by atoms with Crippen molar-refractivity contribution in [3.8, 4) is 22.8 Å². The van der Waals surface area contributed by atoms with Gasteiger partial charge in [-0.25, -0.2) is 9.97 Å². The normalized spacial score (nSPS) is 15.9. The van der Waals surface area contributed by atoms with Crippen LogP contribution in [0, 0.1) is 0 Å². The Kier molecular flexibility index (Phi) is 6.01. The molecule has 3 heterocycles. The molecule has 28 heavy (non-hydrogen) atoms. The van der Waals surface area contributed by atoms with Gasteiger partial charge in [0.25, 0.3) is 5.91 Å². The van der Waals surface area contributed by atoms with Crippen LogP contribution in [0.25, 0.3) is 22.4 Å². The molecule has 1 aliphatic rings. The van der Waals surface area contributed by atoms with Crippen molar-refractivity contribution in [3.63, 3.8) is 0 Å². The van der Waals surface area contributed by atoms with Gasteiger partial charge in [0.05, 0.1) is 31.7 Å². The van der Waals surface area contributed by atoms with E-state index in [4.69, 9.17) is 9.47 Å². The topological polar surface area (TPSA) is 101 Å². The molecule has 0 spiro atoms. The number of carbonyl (C=O) groups is 1. The van der Waals surface area contributed by atoms with Crippen molar-refractivity contribution in [1.82, 2.24) is 25.6 Å². The second-order valence-electron chi connectivity index (χ2n) is 6.39. The van der Waals surface area contributed by atoms with Crippen molar-refractivity contribution < 1.29 is 14.3 Å². The van der Waals surface area contributed by atoms with E-state index in [0.29, 0.717) is 33.9 Å². The van der Waals surface area contributed by atoms with Crippen LogP contribution in [0.4, 0.5) is 0 Å². The fraction of sp³-hybridized carbons (Fsp3) is 0.316. The van der Waals surface area contributed by atoms with Gasteiger partial charge in [-0.05, 0) is 31.2 Å². The number of halogens is 1. The lowest BCUT2D eigenvalue weighted by Gasteiger charge is -2.11. The number of amides is 1. The quantitative estimate of drug-likeness (QED) is 0.603. The zero-order valence-electron chi connectivity index (χ0n) is 15.6. The van der Waals surface area contributed by atoms with Gasteiger partial charge in [0.15, 0.2) is 17.1 Å². The van der Waals surface area contributed by atoms with Gasteiger partial charge in [-0.1, -0.05) is 0 Å². The molecule has 1 aliphatic heterocycles. The van der Waals surface area contributed by atoms with E-state index < -0.39 is 0 Å². The Morgan fingerprint density at radius 2 is 2.07 bits per heavy atom. The fourth-order valence-corrected chi connectivity index (χ4v) is 3.24. The van der Waals surface area contributed by atoms with Gasteiger partial charge in [-0.2, -0.15) is 0 Å². The fourth-order valence-electron chi connectivity index (χ4n) is 3.24. The number of nitrogens with zero attached hydrogens (tertiary/aromatic N) is 2. The number of aromatic amines is 1. The van der Waals surface area contributed by atoms with E-state index >= 15 is 0 Å². The Bertz CT molecular complexity index is 985. The van der Waals surface area contributed by atoms with E-state index in [2.05, 4.69) is 25.6 Å². The van der Waals surface area contributed by atoms with Crippen LogP contribution in [-0.2, 0) is 0 Å². The molecule has 1 saturated heterocycles. The molecule has 1 atom stereocenters. The summed E-state index contributed by atoms with van der Waals surface area (Å²) in [6.45, 7) is 1.71. The summed E-state index contributed by atoms with van der Waals surface area (Å²) < 4.78 is 10.6. The smallest absolute Gasteiger partial charge is 0.255 e. The van der Waals surface area contributed by atoms with Crippen LogP contribution in [0.3, 0.4) is 0 Å². The summed E-state index contributed by atoms with van der Waals surface area (Å²) in [6, 6.07) is 5.68. The van der Waals surface area contributed by atoms with Gasteiger partial charge in [-0.3, -0.25) is 4.79 Å². The summed E-state index contributed by atoms with van der Waals surface area (Å²) in [5.74, 6) is 1.11. The first kappa shape index (κ1) is 19.9. The van der Waals surface area contributed by atoms with Gasteiger partial charge in [0.2, 0.25) is 0 Å². The molecule has 8 nitrogen and oxygen atoms in total. The van der Waals surface area contributed by atoms with Gasteiger partial charge >= 0.3 is 0 Å². The van der Waals surface area contributed by atoms with E-state index in [1.54, 1.807) is 26.6 Å². The predicted molar refractivity (Wildman–Crippen MR) is 108 cm³/mol. The molecule has 0 aliphatic carbocycles. The number of H-pyrrole nitrogens is 1. The molecule has 4 rings (SSSR count). The average molecular weight is 404 g/mol. The molecule has 1 fully saturated rings. The number of methoxy groups -OCH3 is 2. The largest absolute Gasteiger partial charge is 0.493 e. The lowest BCUT2D eigenvalue weighted by Crippen LogP contribution is -2.36. The number of ether oxygens (including phenoxy) is 2. The molecule has 2 aromatic heterocycles. The van der Waals surface area contributed by atoms with E-state index in [1.807, 2.05) is 18.2 Å². The van der Waals surface area contributed by atoms with Crippen molar-refractivity contribution >= 4 is 29.5 Å². The number of hydrogen-bond acceptors (Lipinski definition) is 6. The van der Waals surface area contributed by atoms with Crippen LogP contribution in [0.1, 0.15) is 16.8 Å². The highest BCUT2D eigenvalue weighted by Crippen LogP contribution is 2.32. The Hall–Kier alpha value is -2.84. The zero-order chi connectivity index (χ0) is 18.8. The lowest BCUT2D eigenvalue weighted by molar-refractivity contribution is 0.0941. The van der Waals surface area contributed by atoms with Crippen molar-refractivity contribution in [3.05, 3.63) is 36.2 Å². The van der Waals surface area contributed by atoms with E-state index in [9.17, 15) is 4.79 Å². The third kappa shape index (κ3) is 3.74. The lowest BCUT2D eigenvalue weighted by atomic mass is 10.1. The molecule has 148 valence electrons. The molecule has 3 N–H and O–H groups in total. The minimum Gasteiger partial charge on any atom is -0.493 e. The number of rotatable bonds is 5. The van der Waals surface area contributed by atoms with Gasteiger partial charge in [-0.15, -0.1) is 12.4 Å². The van der Waals surface area contributed by atoms with Crippen molar-refractivity contribution in [2.75, 3.05) is 27.3 Å². The van der Waals surface area contributed by atoms with Gasteiger partial charge in [0.1, 0.15) is 5.52 Å². The monoisotopic (exact) mass is 403 g/mol. The summed E-state index contributed by atoms with van der Waals surface area (Å²) in [4.78, 5) is 24.7. The summed E-state index contributed by atoms with van der Waals surface area (Å²) in [5.41, 5.74) is 3.10. The van der Waals surface area contributed by atoms with Crippen molar-refractivity contribution in [2.45, 2.75) is 12.5 Å². The molecule has 0 bridgehead atoms. The maximum atomic E-state index is 12.6. The highest BCUT2D eigenvalue weighted by Gasteiger charge is 2.21. The predicted octanol–water partition coefficient (Wildman–Crippen LogP) is 2.16. The zero-order valence-corrected chi connectivity index (χ0v) is 16.4. The number of benzene rings is 1. The second-order valence-corrected chi connectivity index (χ2v) is 6.39. The number of nitrogens with one attached hydrogen (secondary N) is 3. The summed E-state index contributed by atoms with van der Waals surface area (Å²) in [6.07, 6.45) is 4.25. The molecule has 1 unspecified atom stereocenters. The minimum absolute atomic E-state index is 0. The van der Waals surface area contributed by atoms with Crippen LogP contribution in [0.15, 0.2) is 30.6 Å². The molecule has 1 amide bonds. The average Bonchev–Trinajstić information content (AvgIpc) is 3.36. The molecule has 3 aromatic rings. The molecular weight excluding hydrogens is 382 g/mol. The van der Waals surface area contributed by atoms with Crippen LogP contribution < -0.4 is 20.1 Å². The Morgan fingerprint density at radius 1 is 1.25 bits per heavy atom. The summed E-state index contributed by atoms with van der Waals surface area (Å²) in [7, 11) is 3.18. The second kappa shape index (κ2) is 8.45. The van der Waals surface area contributed by atoms with Gasteiger partial charge in [0, 0.05) is 24.3 Å². The SMILES string of the molecule is COc1ccc(-c2cnc3[nH]cc(C(=O)NC4CCNC4)c3n2)cc1OC.Cl. The van der Waals surface area contributed by atoms with Crippen LogP contribution in [-0.4, -0.2) is 54.2 Å². The maximum Gasteiger partial charge on any atom is 0.255 e. The summed E-state index contributed by atoms with van der Waals surface area (Å²) in [5, 5.41) is 6.28. The first-order chi connectivity index (χ1) is 13.2. The van der Waals surface area contributed by atoms with Crippen LogP contribution in [0.2, 0.25) is 0 Å². The Morgan fingerprint density at radius 3 is 2.79 bits per heavy atom. The highest BCUT2D eigenvalue weighted by molar-refractivity contribution is 6.04. The Balaban J connectivity index is 0.00000225. The first-order valence-electron chi connectivity index (χ1n) is 8.77. The highest BCUT2D eigenvalue weighted by atomic mass is 35.5. The standard InChI is InChI=1S/C19H21N5O3.ClH/c1-26-15-4-3-11(7-16(15)27-2)14-10-22-18-17(24-14)13(9-21-18)19(25)23-12-5-6-20-8-12;/h3-4,7,9-10,12,20H,5-6,8H2,1-2H3,(H,21,22)(H,23,25);1H. The molecule has 0 radical (unpaired) electrons. The number of carbonyl (C=O) groups excluding carboxylic acids is 1. The molecule has 9 heteroatoms. The third-order valence-corrected chi connectivity index (χ3v) is 4.70. The molecule has 1 aromatic carbocycles. The van der Waals surface area contributed by atoms with E-state index in [1.165, 1.54) is 0 Å². The maximum absolute atomic E-state index is 12.6. The number of hydrogen-bond donors (Lipinski definition) is 3. The number of aromatic nitrogens is 3. The minimum atomic E-state index is -0.145. The number of fused-ring (bicyclic) bond motifs is 1. The Labute approximate surface area is 168 Å². The third-order valence-electron chi connectivity index (χ3n) is 4.70. The van der Waals surface area contributed by atoms with Gasteiger partial charge < -0.3 is 25.1 Å². The van der Waals surface area contributed by atoms with Crippen molar-refractivity contribution in [2.24, 2.45) is 0 Å². The van der Waals surface area contributed by atoms with Crippen molar-refractivity contribution in [1.29, 1.82) is 0 Å². The molecule has 0 saturated carbocycles.